The molecular formula is C18H18FN3O. The molecule has 1 N–H and O–H groups in total. The summed E-state index contributed by atoms with van der Waals surface area (Å²) in [6.07, 6.45) is 0.663. The molecule has 0 radical (unpaired) electrons. The highest BCUT2D eigenvalue weighted by atomic mass is 19.1. The summed E-state index contributed by atoms with van der Waals surface area (Å²) < 4.78 is 13.5. The van der Waals surface area contributed by atoms with Crippen LogP contribution in [0.25, 0.3) is 0 Å². The number of carbonyl (C=O) groups excluding carboxylic acids is 1. The van der Waals surface area contributed by atoms with Crippen LogP contribution in [0.1, 0.15) is 21.5 Å². The highest BCUT2D eigenvalue weighted by Crippen LogP contribution is 2.18. The van der Waals surface area contributed by atoms with Gasteiger partial charge in [0.1, 0.15) is 17.4 Å². The zero-order chi connectivity index (χ0) is 16.8. The smallest absolute Gasteiger partial charge is 0.253 e. The summed E-state index contributed by atoms with van der Waals surface area (Å²) in [6, 6.07) is 13.8. The van der Waals surface area contributed by atoms with E-state index < -0.39 is 5.82 Å². The average molecular weight is 311 g/mol. The van der Waals surface area contributed by atoms with Crippen molar-refractivity contribution in [2.45, 2.75) is 6.42 Å². The molecular weight excluding hydrogens is 293 g/mol. The zero-order valence-electron chi connectivity index (χ0n) is 13.1. The van der Waals surface area contributed by atoms with Gasteiger partial charge in [-0.1, -0.05) is 18.2 Å². The maximum atomic E-state index is 13.5. The number of amides is 1. The van der Waals surface area contributed by atoms with Gasteiger partial charge in [0.2, 0.25) is 0 Å². The van der Waals surface area contributed by atoms with Gasteiger partial charge in [0.15, 0.2) is 0 Å². The lowest BCUT2D eigenvalue weighted by molar-refractivity contribution is 0.0827. The van der Waals surface area contributed by atoms with E-state index in [1.165, 1.54) is 11.0 Å². The van der Waals surface area contributed by atoms with Crippen molar-refractivity contribution in [3.8, 4) is 6.07 Å². The van der Waals surface area contributed by atoms with Gasteiger partial charge in [-0.2, -0.15) is 5.26 Å². The molecule has 0 saturated heterocycles. The quantitative estimate of drug-likeness (QED) is 0.923. The van der Waals surface area contributed by atoms with Crippen molar-refractivity contribution in [2.75, 3.05) is 26.0 Å². The molecule has 2 aromatic rings. The van der Waals surface area contributed by atoms with Crippen LogP contribution in [-0.2, 0) is 6.42 Å². The molecule has 0 unspecified atom stereocenters. The normalized spacial score (nSPS) is 10.0. The second kappa shape index (κ2) is 7.41. The van der Waals surface area contributed by atoms with Crippen LogP contribution in [0.3, 0.4) is 0 Å². The number of carbonyl (C=O) groups is 1. The van der Waals surface area contributed by atoms with Crippen molar-refractivity contribution in [2.24, 2.45) is 0 Å². The Bertz CT molecular complexity index is 750. The van der Waals surface area contributed by atoms with E-state index in [0.29, 0.717) is 24.2 Å². The lowest BCUT2D eigenvalue weighted by Crippen LogP contribution is -2.21. The zero-order valence-corrected chi connectivity index (χ0v) is 13.1. The Morgan fingerprint density at radius 3 is 2.70 bits per heavy atom. The average Bonchev–Trinajstić information content (AvgIpc) is 2.54. The minimum atomic E-state index is -0.531. The maximum absolute atomic E-state index is 13.5. The maximum Gasteiger partial charge on any atom is 0.253 e. The van der Waals surface area contributed by atoms with E-state index in [0.717, 1.165) is 5.56 Å². The number of nitrogens with zero attached hydrogens (tertiary/aromatic N) is 2. The predicted molar refractivity (Wildman–Crippen MR) is 87.8 cm³/mol. The first kappa shape index (κ1) is 16.5. The van der Waals surface area contributed by atoms with Gasteiger partial charge in [-0.25, -0.2) is 4.39 Å². The number of hydrogen-bond acceptors (Lipinski definition) is 3. The molecule has 0 bridgehead atoms. The van der Waals surface area contributed by atoms with Crippen LogP contribution in [-0.4, -0.2) is 31.4 Å². The third-order valence-electron chi connectivity index (χ3n) is 3.43. The van der Waals surface area contributed by atoms with E-state index in [4.69, 9.17) is 5.26 Å². The van der Waals surface area contributed by atoms with Crippen LogP contribution < -0.4 is 5.32 Å². The molecule has 0 aliphatic carbocycles. The Hall–Kier alpha value is -2.87. The van der Waals surface area contributed by atoms with Crippen molar-refractivity contribution < 1.29 is 9.18 Å². The highest BCUT2D eigenvalue weighted by molar-refractivity contribution is 5.94. The van der Waals surface area contributed by atoms with E-state index in [2.05, 4.69) is 5.32 Å². The molecule has 4 nitrogen and oxygen atoms in total. The molecule has 0 aliphatic rings. The molecule has 0 aliphatic heterocycles. The molecule has 0 saturated carbocycles. The number of benzene rings is 2. The largest absolute Gasteiger partial charge is 0.384 e. The summed E-state index contributed by atoms with van der Waals surface area (Å²) in [5.74, 6) is -0.576. The van der Waals surface area contributed by atoms with Crippen LogP contribution in [0.2, 0.25) is 0 Å². The minimum Gasteiger partial charge on any atom is -0.384 e. The fourth-order valence-corrected chi connectivity index (χ4v) is 2.24. The third kappa shape index (κ3) is 4.07. The predicted octanol–water partition coefficient (Wildman–Crippen LogP) is 3.05. The highest BCUT2D eigenvalue weighted by Gasteiger charge is 2.09. The molecule has 5 heteroatoms. The van der Waals surface area contributed by atoms with Crippen LogP contribution >= 0.6 is 0 Å². The summed E-state index contributed by atoms with van der Waals surface area (Å²) in [5.41, 5.74) is 2.13. The van der Waals surface area contributed by atoms with E-state index in [-0.39, 0.29) is 11.5 Å². The Morgan fingerprint density at radius 1 is 1.26 bits per heavy atom. The Morgan fingerprint density at radius 2 is 2.00 bits per heavy atom. The fourth-order valence-electron chi connectivity index (χ4n) is 2.24. The van der Waals surface area contributed by atoms with Gasteiger partial charge in [0.05, 0.1) is 5.69 Å². The molecule has 2 rings (SSSR count). The summed E-state index contributed by atoms with van der Waals surface area (Å²) >= 11 is 0. The number of halogens is 1. The number of rotatable bonds is 5. The lowest BCUT2D eigenvalue weighted by Gasteiger charge is -2.12. The molecule has 23 heavy (non-hydrogen) atoms. The minimum absolute atomic E-state index is 0.0176. The molecule has 118 valence electrons. The molecule has 0 atom stereocenters. The first-order valence-electron chi connectivity index (χ1n) is 7.26. The number of hydrogen-bond donors (Lipinski definition) is 1. The van der Waals surface area contributed by atoms with Crippen molar-refractivity contribution in [1.82, 2.24) is 4.90 Å². The molecule has 0 heterocycles. The van der Waals surface area contributed by atoms with Gasteiger partial charge >= 0.3 is 0 Å². The van der Waals surface area contributed by atoms with Gasteiger partial charge in [-0.3, -0.25) is 4.79 Å². The van der Waals surface area contributed by atoms with Gasteiger partial charge in [0, 0.05) is 26.2 Å². The second-order valence-corrected chi connectivity index (χ2v) is 5.35. The standard InChI is InChI=1S/C18H18FN3O/c1-22(2)18(23)14-6-3-5-13(11-14)9-10-21-17-8-4-7-16(19)15(17)12-20/h3-8,11,21H,9-10H2,1-2H3. The van der Waals surface area contributed by atoms with Crippen molar-refractivity contribution in [1.29, 1.82) is 5.26 Å². The molecule has 0 spiro atoms. The van der Waals surface area contributed by atoms with Gasteiger partial charge in [-0.15, -0.1) is 0 Å². The monoisotopic (exact) mass is 311 g/mol. The summed E-state index contributed by atoms with van der Waals surface area (Å²) in [5, 5.41) is 12.1. The van der Waals surface area contributed by atoms with Gasteiger partial charge in [0.25, 0.3) is 5.91 Å². The number of anilines is 1. The Balaban J connectivity index is 2.03. The van der Waals surface area contributed by atoms with Crippen molar-refractivity contribution in [3.05, 3.63) is 65.0 Å². The first-order valence-corrected chi connectivity index (χ1v) is 7.26. The summed E-state index contributed by atoms with van der Waals surface area (Å²) in [4.78, 5) is 13.5. The lowest BCUT2D eigenvalue weighted by atomic mass is 10.1. The van der Waals surface area contributed by atoms with Crippen LogP contribution in [0.5, 0.6) is 0 Å². The molecule has 0 fully saturated rings. The van der Waals surface area contributed by atoms with Crippen molar-refractivity contribution in [3.63, 3.8) is 0 Å². The molecule has 1 amide bonds. The van der Waals surface area contributed by atoms with E-state index in [9.17, 15) is 9.18 Å². The van der Waals surface area contributed by atoms with Crippen LogP contribution in [0.4, 0.5) is 10.1 Å². The van der Waals surface area contributed by atoms with Gasteiger partial charge < -0.3 is 10.2 Å². The van der Waals surface area contributed by atoms with Crippen molar-refractivity contribution >= 4 is 11.6 Å². The van der Waals surface area contributed by atoms with E-state index >= 15 is 0 Å². The fraction of sp³-hybridized carbons (Fsp3) is 0.222. The Labute approximate surface area is 135 Å². The van der Waals surface area contributed by atoms with E-state index in [1.54, 1.807) is 32.3 Å². The SMILES string of the molecule is CN(C)C(=O)c1cccc(CCNc2cccc(F)c2C#N)c1. The van der Waals surface area contributed by atoms with Crippen LogP contribution in [0, 0.1) is 17.1 Å². The number of nitrogens with one attached hydrogen (secondary N) is 1. The summed E-state index contributed by atoms with van der Waals surface area (Å²) in [7, 11) is 3.42. The Kier molecular flexibility index (Phi) is 5.32. The second-order valence-electron chi connectivity index (χ2n) is 5.35. The van der Waals surface area contributed by atoms with E-state index in [1.807, 2.05) is 24.3 Å². The third-order valence-corrected chi connectivity index (χ3v) is 3.43. The first-order chi connectivity index (χ1) is 11.0. The van der Waals surface area contributed by atoms with Crippen LogP contribution in [0.15, 0.2) is 42.5 Å². The van der Waals surface area contributed by atoms with Gasteiger partial charge in [-0.05, 0) is 36.2 Å². The molecule has 0 aromatic heterocycles. The topological polar surface area (TPSA) is 56.1 Å². The molecule has 2 aromatic carbocycles. The summed E-state index contributed by atoms with van der Waals surface area (Å²) in [6.45, 7) is 0.539. The number of nitriles is 1.